The standard InChI is InChI=1S/C15H23N3/c1-2-6-12(7-3-1)13-9-11-17-15(18-13)14-8-4-5-10-16-14/h9,11-12,14,16H,1-8,10H2. The monoisotopic (exact) mass is 245 g/mol. The van der Waals surface area contributed by atoms with Crippen molar-refractivity contribution in [3.05, 3.63) is 23.8 Å². The molecule has 1 aromatic rings. The molecule has 1 aromatic heterocycles. The van der Waals surface area contributed by atoms with Crippen LogP contribution >= 0.6 is 0 Å². The Hall–Kier alpha value is -0.960. The summed E-state index contributed by atoms with van der Waals surface area (Å²) in [6.07, 6.45) is 12.5. The van der Waals surface area contributed by atoms with Crippen LogP contribution in [-0.2, 0) is 0 Å². The quantitative estimate of drug-likeness (QED) is 0.868. The summed E-state index contributed by atoms with van der Waals surface area (Å²) in [5.74, 6) is 1.71. The number of nitrogens with one attached hydrogen (secondary N) is 1. The first kappa shape index (κ1) is 12.1. The molecule has 0 spiro atoms. The van der Waals surface area contributed by atoms with Crippen LogP contribution in [0.4, 0.5) is 0 Å². The molecule has 2 aliphatic rings. The fraction of sp³-hybridized carbons (Fsp3) is 0.733. The number of nitrogens with zero attached hydrogens (tertiary/aromatic N) is 2. The van der Waals surface area contributed by atoms with Crippen molar-refractivity contribution in [3.63, 3.8) is 0 Å². The van der Waals surface area contributed by atoms with Crippen molar-refractivity contribution in [2.45, 2.75) is 63.3 Å². The number of aromatic nitrogens is 2. The minimum absolute atomic E-state index is 0.391. The van der Waals surface area contributed by atoms with Crippen molar-refractivity contribution < 1.29 is 0 Å². The SMILES string of the molecule is c1cc(C2CCCCC2)nc(C2CCCCN2)n1. The Morgan fingerprint density at radius 3 is 2.61 bits per heavy atom. The van der Waals surface area contributed by atoms with E-state index in [1.54, 1.807) is 0 Å². The molecule has 1 unspecified atom stereocenters. The predicted molar refractivity (Wildman–Crippen MR) is 72.5 cm³/mol. The summed E-state index contributed by atoms with van der Waals surface area (Å²) in [6, 6.07) is 2.52. The average Bonchev–Trinajstić information content (AvgIpc) is 2.49. The van der Waals surface area contributed by atoms with Crippen molar-refractivity contribution in [3.8, 4) is 0 Å². The lowest BCUT2D eigenvalue weighted by Crippen LogP contribution is -2.28. The highest BCUT2D eigenvalue weighted by Crippen LogP contribution is 2.32. The van der Waals surface area contributed by atoms with E-state index in [1.165, 1.54) is 57.1 Å². The maximum absolute atomic E-state index is 4.85. The molecule has 1 saturated carbocycles. The van der Waals surface area contributed by atoms with Crippen molar-refractivity contribution >= 4 is 0 Å². The van der Waals surface area contributed by atoms with Gasteiger partial charge in [0.15, 0.2) is 0 Å². The number of hydrogen-bond donors (Lipinski definition) is 1. The second kappa shape index (κ2) is 5.79. The van der Waals surface area contributed by atoms with Crippen LogP contribution in [0.5, 0.6) is 0 Å². The predicted octanol–water partition coefficient (Wildman–Crippen LogP) is 3.34. The van der Waals surface area contributed by atoms with Crippen LogP contribution in [0, 0.1) is 0 Å². The molecule has 3 rings (SSSR count). The lowest BCUT2D eigenvalue weighted by atomic mass is 9.87. The highest BCUT2D eigenvalue weighted by atomic mass is 15.0. The molecule has 1 N–H and O–H groups in total. The van der Waals surface area contributed by atoms with Gasteiger partial charge in [-0.2, -0.15) is 0 Å². The Labute approximate surface area is 109 Å². The molecule has 18 heavy (non-hydrogen) atoms. The molecule has 3 nitrogen and oxygen atoms in total. The summed E-state index contributed by atoms with van der Waals surface area (Å²) in [6.45, 7) is 1.11. The van der Waals surface area contributed by atoms with Crippen LogP contribution < -0.4 is 5.32 Å². The number of hydrogen-bond acceptors (Lipinski definition) is 3. The van der Waals surface area contributed by atoms with E-state index in [4.69, 9.17) is 4.98 Å². The molecule has 0 aromatic carbocycles. The van der Waals surface area contributed by atoms with Crippen LogP contribution in [0.1, 0.15) is 74.8 Å². The number of piperidine rings is 1. The van der Waals surface area contributed by atoms with Crippen LogP contribution in [0.25, 0.3) is 0 Å². The van der Waals surface area contributed by atoms with Crippen LogP contribution in [0.3, 0.4) is 0 Å². The van der Waals surface area contributed by atoms with Gasteiger partial charge in [0.25, 0.3) is 0 Å². The van der Waals surface area contributed by atoms with Gasteiger partial charge in [0, 0.05) is 17.8 Å². The van der Waals surface area contributed by atoms with Gasteiger partial charge in [0.1, 0.15) is 5.82 Å². The first-order valence-corrected chi connectivity index (χ1v) is 7.50. The summed E-state index contributed by atoms with van der Waals surface area (Å²) in [4.78, 5) is 9.33. The van der Waals surface area contributed by atoms with E-state index in [0.717, 1.165) is 12.4 Å². The zero-order valence-corrected chi connectivity index (χ0v) is 11.1. The fourth-order valence-electron chi connectivity index (χ4n) is 3.25. The Kier molecular flexibility index (Phi) is 3.89. The first-order valence-electron chi connectivity index (χ1n) is 7.50. The van der Waals surface area contributed by atoms with E-state index in [1.807, 2.05) is 6.20 Å². The van der Waals surface area contributed by atoms with E-state index in [9.17, 15) is 0 Å². The second-order valence-electron chi connectivity index (χ2n) is 5.68. The normalized spacial score (nSPS) is 26.1. The van der Waals surface area contributed by atoms with E-state index < -0.39 is 0 Å². The lowest BCUT2D eigenvalue weighted by Gasteiger charge is -2.24. The van der Waals surface area contributed by atoms with Crippen molar-refractivity contribution in [1.29, 1.82) is 0 Å². The third-order valence-corrected chi connectivity index (χ3v) is 4.34. The van der Waals surface area contributed by atoms with Gasteiger partial charge in [0.2, 0.25) is 0 Å². The second-order valence-corrected chi connectivity index (χ2v) is 5.68. The topological polar surface area (TPSA) is 37.8 Å². The summed E-state index contributed by atoms with van der Waals surface area (Å²) >= 11 is 0. The lowest BCUT2D eigenvalue weighted by molar-refractivity contribution is 0.391. The largest absolute Gasteiger partial charge is 0.307 e. The Bertz CT molecular complexity index is 346. The zero-order valence-electron chi connectivity index (χ0n) is 11.1. The molecule has 1 aliphatic carbocycles. The van der Waals surface area contributed by atoms with E-state index in [2.05, 4.69) is 16.4 Å². The van der Waals surface area contributed by atoms with Crippen LogP contribution in [0.2, 0.25) is 0 Å². The van der Waals surface area contributed by atoms with Gasteiger partial charge in [-0.25, -0.2) is 9.97 Å². The molecule has 2 fully saturated rings. The van der Waals surface area contributed by atoms with Gasteiger partial charge < -0.3 is 5.32 Å². The maximum Gasteiger partial charge on any atom is 0.145 e. The number of rotatable bonds is 2. The molecular weight excluding hydrogens is 222 g/mol. The molecule has 0 amide bonds. The van der Waals surface area contributed by atoms with Crippen molar-refractivity contribution in [2.75, 3.05) is 6.54 Å². The van der Waals surface area contributed by atoms with Crippen molar-refractivity contribution in [1.82, 2.24) is 15.3 Å². The van der Waals surface area contributed by atoms with Gasteiger partial charge in [-0.3, -0.25) is 0 Å². The Balaban J connectivity index is 1.75. The minimum Gasteiger partial charge on any atom is -0.307 e. The van der Waals surface area contributed by atoms with Crippen molar-refractivity contribution in [2.24, 2.45) is 0 Å². The highest BCUT2D eigenvalue weighted by molar-refractivity contribution is 5.11. The highest BCUT2D eigenvalue weighted by Gasteiger charge is 2.21. The van der Waals surface area contributed by atoms with E-state index in [0.29, 0.717) is 12.0 Å². The molecule has 1 saturated heterocycles. The smallest absolute Gasteiger partial charge is 0.145 e. The Morgan fingerprint density at radius 1 is 1.00 bits per heavy atom. The zero-order chi connectivity index (χ0) is 12.2. The molecule has 0 radical (unpaired) electrons. The van der Waals surface area contributed by atoms with Crippen LogP contribution in [-0.4, -0.2) is 16.5 Å². The molecule has 1 aliphatic heterocycles. The molecule has 98 valence electrons. The molecular formula is C15H23N3. The fourth-order valence-corrected chi connectivity index (χ4v) is 3.25. The maximum atomic E-state index is 4.85. The third-order valence-electron chi connectivity index (χ3n) is 4.34. The third kappa shape index (κ3) is 2.72. The summed E-state index contributed by atoms with van der Waals surface area (Å²) in [5, 5.41) is 3.54. The van der Waals surface area contributed by atoms with Crippen LogP contribution in [0.15, 0.2) is 12.3 Å². The molecule has 0 bridgehead atoms. The summed E-state index contributed by atoms with van der Waals surface area (Å²) in [5.41, 5.74) is 1.28. The first-order chi connectivity index (χ1) is 8.93. The minimum atomic E-state index is 0.391. The summed E-state index contributed by atoms with van der Waals surface area (Å²) < 4.78 is 0. The van der Waals surface area contributed by atoms with E-state index >= 15 is 0 Å². The summed E-state index contributed by atoms with van der Waals surface area (Å²) in [7, 11) is 0. The van der Waals surface area contributed by atoms with Gasteiger partial charge >= 0.3 is 0 Å². The van der Waals surface area contributed by atoms with Gasteiger partial charge in [0.05, 0.1) is 6.04 Å². The van der Waals surface area contributed by atoms with Gasteiger partial charge in [-0.15, -0.1) is 0 Å². The van der Waals surface area contributed by atoms with Gasteiger partial charge in [-0.1, -0.05) is 25.7 Å². The van der Waals surface area contributed by atoms with E-state index in [-0.39, 0.29) is 0 Å². The molecule has 2 heterocycles. The van der Waals surface area contributed by atoms with Gasteiger partial charge in [-0.05, 0) is 38.3 Å². The Morgan fingerprint density at radius 2 is 1.83 bits per heavy atom. The molecule has 1 atom stereocenters. The average molecular weight is 245 g/mol. The molecule has 3 heteroatoms.